The number of nitro groups is 1. The summed E-state index contributed by atoms with van der Waals surface area (Å²) in [5.41, 5.74) is 1.32. The molecule has 0 spiro atoms. The van der Waals surface area contributed by atoms with Crippen molar-refractivity contribution in [1.29, 1.82) is 0 Å². The Kier molecular flexibility index (Phi) is 3.91. The third-order valence-corrected chi connectivity index (χ3v) is 3.65. The highest BCUT2D eigenvalue weighted by molar-refractivity contribution is 6.20. The minimum absolute atomic E-state index is 0.00597. The first-order valence-electron chi connectivity index (χ1n) is 7.06. The van der Waals surface area contributed by atoms with E-state index in [9.17, 15) is 20.0 Å². The number of nitrogens with zero attached hydrogens (tertiary/aromatic N) is 1. The predicted molar refractivity (Wildman–Crippen MR) is 85.9 cm³/mol. The van der Waals surface area contributed by atoms with Gasteiger partial charge in [0, 0.05) is 11.6 Å². The van der Waals surface area contributed by atoms with E-state index in [0.29, 0.717) is 28.2 Å². The third kappa shape index (κ3) is 2.91. The number of benzene rings is 2. The lowest BCUT2D eigenvalue weighted by molar-refractivity contribution is -0.385. The first-order chi connectivity index (χ1) is 11.5. The van der Waals surface area contributed by atoms with Crippen molar-refractivity contribution >= 4 is 23.3 Å². The molecule has 0 bridgehead atoms. The maximum Gasteiger partial charge on any atom is 0.336 e. The van der Waals surface area contributed by atoms with Crippen LogP contribution in [-0.4, -0.2) is 22.8 Å². The number of aliphatic carboxylic acids is 1. The Labute approximate surface area is 136 Å². The van der Waals surface area contributed by atoms with Gasteiger partial charge in [-0.2, -0.15) is 0 Å². The van der Waals surface area contributed by atoms with E-state index in [1.165, 1.54) is 12.1 Å². The zero-order chi connectivity index (χ0) is 17.3. The van der Waals surface area contributed by atoms with Crippen LogP contribution in [0.15, 0.2) is 36.4 Å². The van der Waals surface area contributed by atoms with Gasteiger partial charge in [-0.05, 0) is 36.3 Å². The van der Waals surface area contributed by atoms with E-state index in [2.05, 4.69) is 0 Å². The van der Waals surface area contributed by atoms with Gasteiger partial charge in [-0.3, -0.25) is 10.1 Å². The van der Waals surface area contributed by atoms with Crippen molar-refractivity contribution < 1.29 is 24.3 Å². The highest BCUT2D eigenvalue weighted by Gasteiger charge is 2.18. The van der Waals surface area contributed by atoms with Gasteiger partial charge < -0.3 is 14.6 Å². The quantitative estimate of drug-likeness (QED) is 0.400. The smallest absolute Gasteiger partial charge is 0.336 e. The van der Waals surface area contributed by atoms with E-state index in [1.807, 2.05) is 0 Å². The summed E-state index contributed by atoms with van der Waals surface area (Å²) >= 11 is 0. The SMILES string of the molecule is Cc1ccc(/C=C(\C(=O)O)c2ccc3c(c2)OCO3)cc1[N+](=O)[O-]. The van der Waals surface area contributed by atoms with Crippen LogP contribution in [0.2, 0.25) is 0 Å². The van der Waals surface area contributed by atoms with Gasteiger partial charge in [0.05, 0.1) is 10.5 Å². The number of hydrogen-bond donors (Lipinski definition) is 1. The molecule has 1 N–H and O–H groups in total. The van der Waals surface area contributed by atoms with Crippen molar-refractivity contribution in [2.45, 2.75) is 6.92 Å². The Morgan fingerprint density at radius 2 is 1.96 bits per heavy atom. The van der Waals surface area contributed by atoms with Gasteiger partial charge in [-0.15, -0.1) is 0 Å². The molecule has 24 heavy (non-hydrogen) atoms. The molecule has 2 aromatic rings. The second-order valence-corrected chi connectivity index (χ2v) is 5.23. The van der Waals surface area contributed by atoms with Crippen LogP contribution in [0.1, 0.15) is 16.7 Å². The zero-order valence-electron chi connectivity index (χ0n) is 12.7. The molecule has 122 valence electrons. The number of rotatable bonds is 4. The zero-order valence-corrected chi connectivity index (χ0v) is 12.7. The second kappa shape index (κ2) is 6.04. The molecule has 0 saturated carbocycles. The second-order valence-electron chi connectivity index (χ2n) is 5.23. The van der Waals surface area contributed by atoms with Crippen molar-refractivity contribution in [1.82, 2.24) is 0 Å². The standard InChI is InChI=1S/C17H13NO6/c1-10-2-3-11(7-14(10)18(21)22)6-13(17(19)20)12-4-5-15-16(8-12)24-9-23-15/h2-8H,9H2,1H3,(H,19,20)/b13-6-. The number of fused-ring (bicyclic) bond motifs is 1. The fraction of sp³-hybridized carbons (Fsp3) is 0.118. The molecule has 0 amide bonds. The number of carbonyl (C=O) groups is 1. The molecule has 7 nitrogen and oxygen atoms in total. The van der Waals surface area contributed by atoms with Crippen LogP contribution in [-0.2, 0) is 4.79 Å². The Hall–Kier alpha value is -3.35. The lowest BCUT2D eigenvalue weighted by Crippen LogP contribution is -2.00. The highest BCUT2D eigenvalue weighted by atomic mass is 16.7. The van der Waals surface area contributed by atoms with Gasteiger partial charge in [-0.1, -0.05) is 18.2 Å². The van der Waals surface area contributed by atoms with E-state index in [4.69, 9.17) is 9.47 Å². The molecule has 0 radical (unpaired) electrons. The van der Waals surface area contributed by atoms with E-state index in [0.717, 1.165) is 0 Å². The summed E-state index contributed by atoms with van der Waals surface area (Å²) in [6.07, 6.45) is 1.40. The number of carboxylic acids is 1. The molecular formula is C17H13NO6. The van der Waals surface area contributed by atoms with E-state index in [1.54, 1.807) is 37.3 Å². The molecule has 1 aliphatic heterocycles. The molecule has 3 rings (SSSR count). The fourth-order valence-corrected chi connectivity index (χ4v) is 2.41. The molecule has 2 aromatic carbocycles. The molecular weight excluding hydrogens is 314 g/mol. The van der Waals surface area contributed by atoms with Crippen molar-refractivity contribution in [3.8, 4) is 11.5 Å². The van der Waals surface area contributed by atoms with E-state index >= 15 is 0 Å². The van der Waals surface area contributed by atoms with Gasteiger partial charge in [0.2, 0.25) is 6.79 Å². The number of aryl methyl sites for hydroxylation is 1. The average molecular weight is 327 g/mol. The third-order valence-electron chi connectivity index (χ3n) is 3.65. The molecule has 0 aliphatic carbocycles. The molecule has 0 fully saturated rings. The minimum atomic E-state index is -1.14. The van der Waals surface area contributed by atoms with Crippen molar-refractivity contribution in [2.24, 2.45) is 0 Å². The maximum absolute atomic E-state index is 11.6. The molecule has 0 aromatic heterocycles. The fourth-order valence-electron chi connectivity index (χ4n) is 2.41. The van der Waals surface area contributed by atoms with Crippen LogP contribution < -0.4 is 9.47 Å². The summed E-state index contributed by atoms with van der Waals surface area (Å²) in [7, 11) is 0. The van der Waals surface area contributed by atoms with Crippen molar-refractivity contribution in [3.05, 3.63) is 63.2 Å². The first-order valence-corrected chi connectivity index (χ1v) is 7.06. The highest BCUT2D eigenvalue weighted by Crippen LogP contribution is 2.35. The molecule has 7 heteroatoms. The van der Waals surface area contributed by atoms with E-state index < -0.39 is 10.9 Å². The van der Waals surface area contributed by atoms with Gasteiger partial charge >= 0.3 is 5.97 Å². The lowest BCUT2D eigenvalue weighted by Gasteiger charge is -2.05. The van der Waals surface area contributed by atoms with Crippen molar-refractivity contribution in [3.63, 3.8) is 0 Å². The number of hydrogen-bond acceptors (Lipinski definition) is 5. The topological polar surface area (TPSA) is 98.9 Å². The average Bonchev–Trinajstić information content (AvgIpc) is 3.00. The molecule has 1 heterocycles. The Bertz CT molecular complexity index is 871. The number of ether oxygens (including phenoxy) is 2. The summed E-state index contributed by atoms with van der Waals surface area (Å²) in [5, 5.41) is 20.5. The summed E-state index contributed by atoms with van der Waals surface area (Å²) in [4.78, 5) is 22.2. The minimum Gasteiger partial charge on any atom is -0.478 e. The normalized spacial score (nSPS) is 13.0. The summed E-state index contributed by atoms with van der Waals surface area (Å²) in [5.74, 6) is -0.124. The number of nitro benzene ring substituents is 1. The Morgan fingerprint density at radius 1 is 1.21 bits per heavy atom. The first kappa shape index (κ1) is 15.5. The number of carboxylic acid groups (broad SMARTS) is 1. The van der Waals surface area contributed by atoms with Crippen molar-refractivity contribution in [2.75, 3.05) is 6.79 Å². The van der Waals surface area contributed by atoms with Crippen LogP contribution in [0.5, 0.6) is 11.5 Å². The Morgan fingerprint density at radius 3 is 2.67 bits per heavy atom. The predicted octanol–water partition coefficient (Wildman–Crippen LogP) is 3.26. The molecule has 0 atom stereocenters. The molecule has 0 unspecified atom stereocenters. The van der Waals surface area contributed by atoms with Gasteiger partial charge in [0.1, 0.15) is 0 Å². The molecule has 0 saturated heterocycles. The van der Waals surface area contributed by atoms with Gasteiger partial charge in [0.25, 0.3) is 5.69 Å². The summed E-state index contributed by atoms with van der Waals surface area (Å²) in [6, 6.07) is 9.39. The van der Waals surface area contributed by atoms with E-state index in [-0.39, 0.29) is 18.1 Å². The maximum atomic E-state index is 11.6. The van der Waals surface area contributed by atoms with Crippen LogP contribution in [0.3, 0.4) is 0 Å². The largest absolute Gasteiger partial charge is 0.478 e. The van der Waals surface area contributed by atoms with Gasteiger partial charge in [0.15, 0.2) is 11.5 Å². The Balaban J connectivity index is 2.06. The lowest BCUT2D eigenvalue weighted by atomic mass is 10.0. The van der Waals surface area contributed by atoms with Gasteiger partial charge in [-0.25, -0.2) is 4.79 Å². The van der Waals surface area contributed by atoms with Crippen LogP contribution in [0.25, 0.3) is 11.6 Å². The summed E-state index contributed by atoms with van der Waals surface area (Å²) in [6.45, 7) is 1.72. The van der Waals surface area contributed by atoms with Crippen LogP contribution in [0, 0.1) is 17.0 Å². The monoisotopic (exact) mass is 327 g/mol. The van der Waals surface area contributed by atoms with Crippen LogP contribution >= 0.6 is 0 Å². The summed E-state index contributed by atoms with van der Waals surface area (Å²) < 4.78 is 10.5. The van der Waals surface area contributed by atoms with Crippen LogP contribution in [0.4, 0.5) is 5.69 Å². The molecule has 1 aliphatic rings.